The molecule has 4 rings (SSSR count). The summed E-state index contributed by atoms with van der Waals surface area (Å²) in [7, 11) is 3.01. The first-order valence-electron chi connectivity index (χ1n) is 10.3. The molecule has 1 amide bonds. The fraction of sp³-hybridized carbons (Fsp3) is 0.304. The number of anilines is 1. The second-order valence-corrected chi connectivity index (χ2v) is 7.43. The number of aromatic nitrogens is 2. The fourth-order valence-corrected chi connectivity index (χ4v) is 3.60. The molecule has 0 fully saturated rings. The van der Waals surface area contributed by atoms with Crippen LogP contribution in [0, 0.1) is 0 Å². The van der Waals surface area contributed by atoms with Crippen LogP contribution in [-0.4, -0.2) is 42.3 Å². The number of fused-ring (bicyclic) bond motifs is 2. The lowest BCUT2D eigenvalue weighted by Crippen LogP contribution is -2.22. The van der Waals surface area contributed by atoms with Crippen LogP contribution in [0.4, 0.5) is 5.69 Å². The molecule has 10 nitrogen and oxygen atoms in total. The van der Waals surface area contributed by atoms with Crippen molar-refractivity contribution >= 4 is 28.3 Å². The minimum absolute atomic E-state index is 0.0667. The summed E-state index contributed by atoms with van der Waals surface area (Å²) in [4.78, 5) is 41.6. The van der Waals surface area contributed by atoms with Crippen LogP contribution in [-0.2, 0) is 11.3 Å². The van der Waals surface area contributed by atoms with Crippen LogP contribution in [0.3, 0.4) is 0 Å². The number of hydrogen-bond acceptors (Lipinski definition) is 8. The quantitative estimate of drug-likeness (QED) is 0.518. The van der Waals surface area contributed by atoms with E-state index in [1.165, 1.54) is 32.0 Å². The van der Waals surface area contributed by atoms with Crippen LogP contribution in [0.1, 0.15) is 30.1 Å². The summed E-state index contributed by atoms with van der Waals surface area (Å²) in [5.41, 5.74) is 0.955. The average molecular weight is 453 g/mol. The Hall–Kier alpha value is -4.08. The van der Waals surface area contributed by atoms with Crippen molar-refractivity contribution in [1.82, 2.24) is 9.55 Å². The lowest BCUT2D eigenvalue weighted by atomic mass is 10.1. The first kappa shape index (κ1) is 22.1. The maximum atomic E-state index is 12.9. The van der Waals surface area contributed by atoms with Crippen molar-refractivity contribution in [2.24, 2.45) is 0 Å². The van der Waals surface area contributed by atoms with Gasteiger partial charge in [0, 0.05) is 30.7 Å². The molecule has 3 aromatic rings. The molecule has 1 N–H and O–H groups in total. The van der Waals surface area contributed by atoms with Gasteiger partial charge in [0.05, 0.1) is 37.1 Å². The van der Waals surface area contributed by atoms with Gasteiger partial charge in [-0.2, -0.15) is 0 Å². The van der Waals surface area contributed by atoms with Crippen molar-refractivity contribution in [3.05, 3.63) is 46.5 Å². The van der Waals surface area contributed by atoms with Crippen LogP contribution in [0.25, 0.3) is 10.9 Å². The Labute approximate surface area is 189 Å². The van der Waals surface area contributed by atoms with E-state index < -0.39 is 0 Å². The number of nitrogens with zero attached hydrogens (tertiary/aromatic N) is 2. The lowest BCUT2D eigenvalue weighted by Gasteiger charge is -2.12. The highest BCUT2D eigenvalue weighted by Gasteiger charge is 2.20. The zero-order valence-electron chi connectivity index (χ0n) is 18.5. The summed E-state index contributed by atoms with van der Waals surface area (Å²) in [6, 6.07) is 6.38. The fourth-order valence-electron chi connectivity index (χ4n) is 3.60. The number of carbonyl (C=O) groups excluding carboxylic acids is 2. The van der Waals surface area contributed by atoms with E-state index in [2.05, 4.69) is 10.3 Å². The minimum atomic E-state index is -0.287. The monoisotopic (exact) mass is 453 g/mol. The Morgan fingerprint density at radius 1 is 1.09 bits per heavy atom. The molecule has 172 valence electrons. The minimum Gasteiger partial charge on any atom is -0.493 e. The highest BCUT2D eigenvalue weighted by molar-refractivity contribution is 6.04. The maximum absolute atomic E-state index is 12.9. The summed E-state index contributed by atoms with van der Waals surface area (Å²) in [6.07, 6.45) is 1.98. The molecule has 2 heterocycles. The number of Topliss-reactive ketones (excluding diaryl/α,β-unsaturated/α-hetero) is 1. The molecule has 1 aliphatic rings. The number of amides is 1. The van der Waals surface area contributed by atoms with Gasteiger partial charge in [0.25, 0.3) is 5.56 Å². The molecule has 0 radical (unpaired) electrons. The number of nitrogens with one attached hydrogen (secondary N) is 1. The zero-order chi connectivity index (χ0) is 23.5. The van der Waals surface area contributed by atoms with E-state index in [4.69, 9.17) is 18.9 Å². The van der Waals surface area contributed by atoms with E-state index in [0.717, 1.165) is 0 Å². The number of rotatable bonds is 8. The van der Waals surface area contributed by atoms with Gasteiger partial charge in [-0.05, 0) is 25.5 Å². The van der Waals surface area contributed by atoms with Crippen molar-refractivity contribution in [2.75, 3.05) is 26.3 Å². The van der Waals surface area contributed by atoms with Crippen molar-refractivity contribution in [3.63, 3.8) is 0 Å². The smallest absolute Gasteiger partial charge is 0.261 e. The van der Waals surface area contributed by atoms with Gasteiger partial charge in [0.2, 0.25) is 12.7 Å². The van der Waals surface area contributed by atoms with Crippen LogP contribution in [0.2, 0.25) is 0 Å². The Morgan fingerprint density at radius 3 is 2.48 bits per heavy atom. The first-order chi connectivity index (χ1) is 15.9. The molecule has 2 aromatic carbocycles. The number of methoxy groups -OCH3 is 2. The van der Waals surface area contributed by atoms with E-state index in [-0.39, 0.29) is 30.5 Å². The summed E-state index contributed by atoms with van der Waals surface area (Å²) in [5, 5.41) is 3.15. The summed E-state index contributed by atoms with van der Waals surface area (Å²) >= 11 is 0. The molecule has 0 unspecified atom stereocenters. The van der Waals surface area contributed by atoms with Crippen molar-refractivity contribution < 1.29 is 28.5 Å². The number of hydrogen-bond donors (Lipinski definition) is 1. The average Bonchev–Trinajstić information content (AvgIpc) is 3.26. The van der Waals surface area contributed by atoms with Crippen molar-refractivity contribution in [3.8, 4) is 23.0 Å². The molecule has 10 heteroatoms. The molecule has 0 saturated heterocycles. The van der Waals surface area contributed by atoms with E-state index in [1.807, 2.05) is 0 Å². The standard InChI is InChI=1S/C23H23N3O7/c1-13(27)14-7-20-21(33-12-32-20)10-17(14)25-22(28)5-4-6-26-11-24-16-9-19(31-3)18(30-2)8-15(16)23(26)29/h7-11H,4-6,12H2,1-3H3,(H,25,28). The Morgan fingerprint density at radius 2 is 1.79 bits per heavy atom. The van der Waals surface area contributed by atoms with E-state index >= 15 is 0 Å². The second-order valence-electron chi connectivity index (χ2n) is 7.43. The predicted octanol–water partition coefficient (Wildman–Crippen LogP) is 2.76. The van der Waals surface area contributed by atoms with Crippen LogP contribution >= 0.6 is 0 Å². The molecule has 33 heavy (non-hydrogen) atoms. The molecule has 1 aromatic heterocycles. The molecule has 0 spiro atoms. The highest BCUT2D eigenvalue weighted by Crippen LogP contribution is 2.37. The molecule has 1 aliphatic heterocycles. The molecule has 0 aliphatic carbocycles. The van der Waals surface area contributed by atoms with E-state index in [0.29, 0.717) is 58.1 Å². The third-order valence-corrected chi connectivity index (χ3v) is 5.30. The maximum Gasteiger partial charge on any atom is 0.261 e. The van der Waals surface area contributed by atoms with Crippen molar-refractivity contribution in [1.29, 1.82) is 0 Å². The number of aryl methyl sites for hydroxylation is 1. The molecule has 0 saturated carbocycles. The normalized spacial score (nSPS) is 12.0. The van der Waals surface area contributed by atoms with Gasteiger partial charge in [-0.3, -0.25) is 19.0 Å². The number of ketones is 1. The van der Waals surface area contributed by atoms with E-state index in [9.17, 15) is 14.4 Å². The summed E-state index contributed by atoms with van der Waals surface area (Å²) in [6.45, 7) is 1.78. The van der Waals surface area contributed by atoms with Crippen molar-refractivity contribution in [2.45, 2.75) is 26.3 Å². The molecule has 0 bridgehead atoms. The van der Waals surface area contributed by atoms with Gasteiger partial charge < -0.3 is 24.3 Å². The van der Waals surface area contributed by atoms with Gasteiger partial charge >= 0.3 is 0 Å². The topological polar surface area (TPSA) is 118 Å². The lowest BCUT2D eigenvalue weighted by molar-refractivity contribution is -0.116. The Kier molecular flexibility index (Phi) is 6.16. The predicted molar refractivity (Wildman–Crippen MR) is 120 cm³/mol. The summed E-state index contributed by atoms with van der Waals surface area (Å²) in [5.74, 6) is 1.37. The Balaban J connectivity index is 1.44. The summed E-state index contributed by atoms with van der Waals surface area (Å²) < 4.78 is 22.6. The van der Waals surface area contributed by atoms with Crippen LogP contribution in [0.15, 0.2) is 35.4 Å². The van der Waals surface area contributed by atoms with Gasteiger partial charge in [0.15, 0.2) is 28.8 Å². The largest absolute Gasteiger partial charge is 0.493 e. The number of ether oxygens (including phenoxy) is 4. The third-order valence-electron chi connectivity index (χ3n) is 5.30. The molecular weight excluding hydrogens is 430 g/mol. The van der Waals surface area contributed by atoms with Crippen LogP contribution in [0.5, 0.6) is 23.0 Å². The van der Waals surface area contributed by atoms with Crippen LogP contribution < -0.4 is 29.8 Å². The third kappa shape index (κ3) is 4.45. The molecular formula is C23H23N3O7. The van der Waals surface area contributed by atoms with Gasteiger partial charge in [-0.1, -0.05) is 0 Å². The number of carbonyl (C=O) groups is 2. The SMILES string of the molecule is COc1cc2ncn(CCCC(=O)Nc3cc4c(cc3C(C)=O)OCO4)c(=O)c2cc1OC. The first-order valence-corrected chi connectivity index (χ1v) is 10.3. The van der Waals surface area contributed by atoms with Gasteiger partial charge in [-0.15, -0.1) is 0 Å². The highest BCUT2D eigenvalue weighted by atomic mass is 16.7. The van der Waals surface area contributed by atoms with Gasteiger partial charge in [-0.25, -0.2) is 4.98 Å². The zero-order valence-corrected chi connectivity index (χ0v) is 18.5. The van der Waals surface area contributed by atoms with Gasteiger partial charge in [0.1, 0.15) is 0 Å². The Bertz CT molecular complexity index is 1300. The second kappa shape index (κ2) is 9.19. The molecule has 0 atom stereocenters. The number of benzene rings is 2. The van der Waals surface area contributed by atoms with E-state index in [1.54, 1.807) is 24.3 Å².